The summed E-state index contributed by atoms with van der Waals surface area (Å²) in [7, 11) is 2.06. The van der Waals surface area contributed by atoms with E-state index < -0.39 is 0 Å². The number of ether oxygens (including phenoxy) is 1. The fourth-order valence-electron chi connectivity index (χ4n) is 12.9. The van der Waals surface area contributed by atoms with E-state index in [0.29, 0.717) is 11.5 Å². The maximum atomic E-state index is 6.78. The summed E-state index contributed by atoms with van der Waals surface area (Å²) >= 11 is 0. The van der Waals surface area contributed by atoms with Crippen LogP contribution in [-0.4, -0.2) is 18.7 Å². The topological polar surface area (TPSA) is 38.3 Å². The van der Waals surface area contributed by atoms with Gasteiger partial charge in [0.1, 0.15) is 5.82 Å². The number of nitrogens with zero attached hydrogens (tertiary/aromatic N) is 6. The molecule has 13 aromatic rings. The van der Waals surface area contributed by atoms with Crippen molar-refractivity contribution < 1.29 is 25.8 Å². The molecule has 3 aliphatic rings. The molecule has 0 aliphatic carbocycles. The maximum absolute atomic E-state index is 6.78. The Kier molecular flexibility index (Phi) is 14.1. The smallest absolute Gasteiger partial charge is 0.252 e. The Morgan fingerprint density at radius 3 is 1.38 bits per heavy atom. The first kappa shape index (κ1) is 54.0. The van der Waals surface area contributed by atoms with Crippen LogP contribution in [0.5, 0.6) is 11.5 Å². The first-order valence-corrected chi connectivity index (χ1v) is 29.4. The van der Waals surface area contributed by atoms with E-state index in [1.807, 2.05) is 42.6 Å². The summed E-state index contributed by atoms with van der Waals surface area (Å²) in [4.78, 5) is 16.6. The van der Waals surface area contributed by atoms with Crippen molar-refractivity contribution in [3.63, 3.8) is 0 Å². The van der Waals surface area contributed by atoms with Crippen LogP contribution < -0.4 is 45.6 Å². The number of rotatable bonds is 12. The molecule has 0 fully saturated rings. The van der Waals surface area contributed by atoms with E-state index in [0.717, 1.165) is 113 Å². The second-order valence-corrected chi connectivity index (χ2v) is 22.1. The molecule has 3 aliphatic heterocycles. The van der Waals surface area contributed by atoms with Gasteiger partial charge in [0.2, 0.25) is 0 Å². The molecule has 7 nitrogen and oxygen atoms in total. The Bertz CT molecular complexity index is 4470. The van der Waals surface area contributed by atoms with Crippen LogP contribution in [0.25, 0.3) is 44.5 Å². The van der Waals surface area contributed by atoms with E-state index in [1.54, 1.807) is 0 Å². The number of anilines is 12. The van der Waals surface area contributed by atoms with Gasteiger partial charge in [0.05, 0.1) is 0 Å². The van der Waals surface area contributed by atoms with Gasteiger partial charge in [-0.15, -0.1) is 42.1 Å². The van der Waals surface area contributed by atoms with Crippen LogP contribution in [-0.2, 0) is 21.1 Å². The zero-order valence-electron chi connectivity index (χ0n) is 47.9. The van der Waals surface area contributed by atoms with Crippen molar-refractivity contribution in [1.29, 1.82) is 0 Å². The molecule has 0 N–H and O–H groups in total. The minimum atomic E-state index is -0.188. The number of para-hydroxylation sites is 2. The van der Waals surface area contributed by atoms with Gasteiger partial charge in [-0.1, -0.05) is 194 Å². The molecule has 0 amide bonds. The van der Waals surface area contributed by atoms with Gasteiger partial charge < -0.3 is 29.2 Å². The van der Waals surface area contributed by atoms with E-state index in [4.69, 9.17) is 9.72 Å². The number of pyridine rings is 1. The summed E-state index contributed by atoms with van der Waals surface area (Å²) in [5, 5.41) is 0. The summed E-state index contributed by atoms with van der Waals surface area (Å²) in [6.07, 6.45) is 1.86. The first-order valence-electron chi connectivity index (χ1n) is 29.4. The standard InChI is InChI=1S/C79H54BN6O.Pt/c1-82-54-83(75-33-15-14-32-74(75)82)65-28-18-30-68(50-65)87-69-31-19-29-66(51-69)84(78-34-16-17-47-81-78)67-52-76-79-77(53-67)86(64-43-37-60(38-44-64)56-22-8-3-9-23-56)73-46-40-62(58-26-12-5-13-27-58)49-71(73)80(79)70-48-61(57-24-10-4-11-25-57)39-45-72(70)85(76)63-41-35-59(36-42-63)55-20-6-2-7-21-55;/h2-49,52-54H,1H3;/q-3;. The molecular weight excluding hydrogens is 1250 g/mol. The van der Waals surface area contributed by atoms with Gasteiger partial charge >= 0.3 is 0 Å². The van der Waals surface area contributed by atoms with Gasteiger partial charge in [-0.2, -0.15) is 18.8 Å². The molecule has 88 heavy (non-hydrogen) atoms. The third-order valence-electron chi connectivity index (χ3n) is 16.9. The minimum Gasteiger partial charge on any atom is -0.509 e. The number of benzene rings is 12. The number of aromatic nitrogens is 1. The van der Waals surface area contributed by atoms with Crippen LogP contribution in [0.2, 0.25) is 0 Å². The molecule has 1 aromatic heterocycles. The molecule has 422 valence electrons. The zero-order valence-corrected chi connectivity index (χ0v) is 50.2. The molecule has 9 heteroatoms. The summed E-state index contributed by atoms with van der Waals surface area (Å²) in [5.74, 6) is 1.83. The van der Waals surface area contributed by atoms with E-state index in [2.05, 4.69) is 311 Å². The Balaban J connectivity index is 0.00000650. The van der Waals surface area contributed by atoms with E-state index in [1.165, 1.54) is 16.4 Å². The molecule has 12 aromatic carbocycles. The summed E-state index contributed by atoms with van der Waals surface area (Å²) in [6.45, 7) is 1.89. The van der Waals surface area contributed by atoms with Crippen molar-refractivity contribution in [2.75, 3.05) is 31.5 Å². The third-order valence-corrected chi connectivity index (χ3v) is 16.9. The SMILES string of the molecule is CN1[CH-]N(c2[c-]c(Oc3[c-]c(N(c4cc5c6c(c4)N(c4ccc(-c7ccccc7)cc4)c4ccc(-c7ccccc7)cc4B6c4cc(-c6ccccc6)ccc4N5c4ccc(-c5ccccc5)cc4)c4ccccn4)ccc3)ccc2)c2ccccc21.[Pt]. The summed E-state index contributed by atoms with van der Waals surface area (Å²) < 4.78 is 6.78. The molecule has 0 saturated heterocycles. The van der Waals surface area contributed by atoms with Gasteiger partial charge in [0, 0.05) is 89.9 Å². The molecule has 0 spiro atoms. The Hall–Kier alpha value is -10.7. The van der Waals surface area contributed by atoms with Crippen LogP contribution in [0, 0.1) is 18.8 Å². The predicted octanol–water partition coefficient (Wildman–Crippen LogP) is 18.4. The van der Waals surface area contributed by atoms with Crippen molar-refractivity contribution in [3.8, 4) is 56.0 Å². The van der Waals surface area contributed by atoms with Crippen LogP contribution in [0.3, 0.4) is 0 Å². The Morgan fingerprint density at radius 1 is 0.398 bits per heavy atom. The minimum absolute atomic E-state index is 0. The summed E-state index contributed by atoms with van der Waals surface area (Å²) in [5.41, 5.74) is 24.0. The molecule has 0 saturated carbocycles. The van der Waals surface area contributed by atoms with Crippen LogP contribution in [0.1, 0.15) is 0 Å². The molecule has 0 bridgehead atoms. The third kappa shape index (κ3) is 9.78. The van der Waals surface area contributed by atoms with Crippen molar-refractivity contribution in [2.45, 2.75) is 0 Å². The predicted molar refractivity (Wildman–Crippen MR) is 360 cm³/mol. The number of fused-ring (bicyclic) bond motifs is 5. The quantitative estimate of drug-likeness (QED) is 0.0891. The fourth-order valence-corrected chi connectivity index (χ4v) is 12.9. The average molecular weight is 1310 g/mol. The molecule has 0 radical (unpaired) electrons. The number of hydrogen-bond donors (Lipinski definition) is 0. The second kappa shape index (κ2) is 23.0. The zero-order chi connectivity index (χ0) is 57.8. The van der Waals surface area contributed by atoms with E-state index in [-0.39, 0.29) is 27.8 Å². The van der Waals surface area contributed by atoms with E-state index in [9.17, 15) is 0 Å². The second-order valence-electron chi connectivity index (χ2n) is 22.1. The van der Waals surface area contributed by atoms with Gasteiger partial charge in [-0.05, 0) is 141 Å². The average Bonchev–Trinajstić information content (AvgIpc) is 0.822. The first-order chi connectivity index (χ1) is 43.0. The van der Waals surface area contributed by atoms with Gasteiger partial charge in [0.15, 0.2) is 0 Å². The van der Waals surface area contributed by atoms with Crippen molar-refractivity contribution in [3.05, 3.63) is 322 Å². The summed E-state index contributed by atoms with van der Waals surface area (Å²) in [6, 6.07) is 114. The monoisotopic (exact) mass is 1310 g/mol. The maximum Gasteiger partial charge on any atom is 0.252 e. The molecule has 4 heterocycles. The van der Waals surface area contributed by atoms with E-state index >= 15 is 0 Å². The van der Waals surface area contributed by atoms with Crippen LogP contribution >= 0.6 is 0 Å². The Labute approximate surface area is 528 Å². The molecule has 16 rings (SSSR count). The molecular formula is C79H54BN6OPt-3. The normalized spacial score (nSPS) is 12.6. The van der Waals surface area contributed by atoms with Crippen molar-refractivity contribution in [2.24, 2.45) is 0 Å². The van der Waals surface area contributed by atoms with Gasteiger partial charge in [0.25, 0.3) is 6.71 Å². The molecule has 0 unspecified atom stereocenters. The largest absolute Gasteiger partial charge is 0.509 e. The van der Waals surface area contributed by atoms with Crippen molar-refractivity contribution >= 4 is 91.5 Å². The Morgan fingerprint density at radius 2 is 0.852 bits per heavy atom. The van der Waals surface area contributed by atoms with Gasteiger partial charge in [-0.25, -0.2) is 4.98 Å². The van der Waals surface area contributed by atoms with Gasteiger partial charge in [-0.3, -0.25) is 0 Å². The van der Waals surface area contributed by atoms with Crippen LogP contribution in [0.4, 0.5) is 68.4 Å². The van der Waals surface area contributed by atoms with Crippen molar-refractivity contribution in [1.82, 2.24) is 4.98 Å². The number of hydrogen-bond acceptors (Lipinski definition) is 7. The fraction of sp³-hybridized carbons (Fsp3) is 0.0127. The molecule has 0 atom stereocenters. The van der Waals surface area contributed by atoms with Crippen LogP contribution in [0.15, 0.2) is 303 Å².